The molecule has 1 N–H and O–H groups in total. The van der Waals surface area contributed by atoms with Crippen molar-refractivity contribution in [2.75, 3.05) is 13.2 Å². The van der Waals surface area contributed by atoms with Crippen LogP contribution in [0.25, 0.3) is 0 Å². The first kappa shape index (κ1) is 16.0. The van der Waals surface area contributed by atoms with E-state index in [1.54, 1.807) is 0 Å². The van der Waals surface area contributed by atoms with E-state index >= 15 is 0 Å². The third-order valence-corrected chi connectivity index (χ3v) is 5.48. The Morgan fingerprint density at radius 2 is 1.94 bits per heavy atom. The first-order valence-electron chi connectivity index (χ1n) is 7.63. The molecule has 2 heteroatoms. The largest absolute Gasteiger partial charge is 0.378 e. The first-order chi connectivity index (χ1) is 8.28. The molecule has 2 nitrogen and oxygen atoms in total. The molecule has 0 heterocycles. The molecule has 1 saturated carbocycles. The SMILES string of the molecule is CCOC1CC(NCC(C)(C)C(C)C)C1(C)CC. The van der Waals surface area contributed by atoms with E-state index in [1.807, 2.05) is 0 Å². The number of hydrogen-bond donors (Lipinski definition) is 1. The summed E-state index contributed by atoms with van der Waals surface area (Å²) in [6.07, 6.45) is 2.82. The van der Waals surface area contributed by atoms with Gasteiger partial charge in [-0.15, -0.1) is 0 Å². The van der Waals surface area contributed by atoms with Gasteiger partial charge in [-0.2, -0.15) is 0 Å². The first-order valence-corrected chi connectivity index (χ1v) is 7.63. The van der Waals surface area contributed by atoms with Crippen LogP contribution in [0, 0.1) is 16.7 Å². The smallest absolute Gasteiger partial charge is 0.0658 e. The fourth-order valence-corrected chi connectivity index (χ4v) is 2.66. The molecule has 3 atom stereocenters. The number of hydrogen-bond acceptors (Lipinski definition) is 2. The van der Waals surface area contributed by atoms with E-state index in [4.69, 9.17) is 4.74 Å². The maximum Gasteiger partial charge on any atom is 0.0658 e. The summed E-state index contributed by atoms with van der Waals surface area (Å²) in [6.45, 7) is 18.0. The van der Waals surface area contributed by atoms with Gasteiger partial charge in [0.2, 0.25) is 0 Å². The van der Waals surface area contributed by atoms with Gasteiger partial charge in [-0.05, 0) is 31.1 Å². The molecule has 1 aliphatic rings. The van der Waals surface area contributed by atoms with Gasteiger partial charge in [0.15, 0.2) is 0 Å². The minimum absolute atomic E-state index is 0.322. The molecular formula is C16H33NO. The van der Waals surface area contributed by atoms with Crippen molar-refractivity contribution in [3.05, 3.63) is 0 Å². The summed E-state index contributed by atoms with van der Waals surface area (Å²) >= 11 is 0. The summed E-state index contributed by atoms with van der Waals surface area (Å²) in [4.78, 5) is 0. The van der Waals surface area contributed by atoms with Gasteiger partial charge >= 0.3 is 0 Å². The van der Waals surface area contributed by atoms with Crippen molar-refractivity contribution < 1.29 is 4.74 Å². The number of nitrogens with one attached hydrogen (secondary N) is 1. The minimum atomic E-state index is 0.322. The summed E-state index contributed by atoms with van der Waals surface area (Å²) in [5, 5.41) is 3.79. The lowest BCUT2D eigenvalue weighted by Gasteiger charge is -2.54. The van der Waals surface area contributed by atoms with E-state index in [1.165, 1.54) is 12.8 Å². The fraction of sp³-hybridized carbons (Fsp3) is 1.00. The van der Waals surface area contributed by atoms with E-state index in [0.29, 0.717) is 28.9 Å². The predicted octanol–water partition coefficient (Wildman–Crippen LogP) is 3.85. The Hall–Kier alpha value is -0.0800. The summed E-state index contributed by atoms with van der Waals surface area (Å²) < 4.78 is 5.85. The average Bonchev–Trinajstić information content (AvgIpc) is 2.31. The molecule has 108 valence electrons. The highest BCUT2D eigenvalue weighted by Crippen LogP contribution is 2.46. The van der Waals surface area contributed by atoms with E-state index in [0.717, 1.165) is 13.2 Å². The van der Waals surface area contributed by atoms with Crippen molar-refractivity contribution in [2.24, 2.45) is 16.7 Å². The third-order valence-electron chi connectivity index (χ3n) is 5.48. The number of ether oxygens (including phenoxy) is 1. The van der Waals surface area contributed by atoms with Crippen LogP contribution >= 0.6 is 0 Å². The lowest BCUT2D eigenvalue weighted by atomic mass is 9.61. The van der Waals surface area contributed by atoms with Crippen LogP contribution in [-0.4, -0.2) is 25.3 Å². The van der Waals surface area contributed by atoms with Crippen LogP contribution in [0.5, 0.6) is 0 Å². The molecule has 0 aromatic heterocycles. The molecule has 1 fully saturated rings. The summed E-state index contributed by atoms with van der Waals surface area (Å²) in [5.74, 6) is 0.709. The zero-order valence-electron chi connectivity index (χ0n) is 13.5. The molecule has 1 rings (SSSR count). The predicted molar refractivity (Wildman–Crippen MR) is 78.8 cm³/mol. The molecule has 0 saturated heterocycles. The van der Waals surface area contributed by atoms with Gasteiger partial charge in [0.05, 0.1) is 6.10 Å². The third kappa shape index (κ3) is 3.08. The maximum atomic E-state index is 5.85. The standard InChI is InChI=1S/C16H33NO/c1-8-16(7)13(10-14(16)18-9-2)17-11-15(5,6)12(3)4/h12-14,17H,8-11H2,1-7H3. The Kier molecular flexibility index (Phi) is 5.25. The van der Waals surface area contributed by atoms with Crippen LogP contribution < -0.4 is 5.32 Å². The van der Waals surface area contributed by atoms with E-state index in [2.05, 4.69) is 53.8 Å². The van der Waals surface area contributed by atoms with Crippen molar-refractivity contribution in [3.63, 3.8) is 0 Å². The van der Waals surface area contributed by atoms with Crippen molar-refractivity contribution in [3.8, 4) is 0 Å². The highest BCUT2D eigenvalue weighted by Gasteiger charge is 2.51. The second-order valence-corrected chi connectivity index (χ2v) is 7.12. The fourth-order valence-electron chi connectivity index (χ4n) is 2.66. The normalized spacial score (nSPS) is 32.7. The zero-order chi connectivity index (χ0) is 14.0. The van der Waals surface area contributed by atoms with Gasteiger partial charge < -0.3 is 10.1 Å². The van der Waals surface area contributed by atoms with E-state index < -0.39 is 0 Å². The van der Waals surface area contributed by atoms with Crippen LogP contribution in [0.4, 0.5) is 0 Å². The Morgan fingerprint density at radius 1 is 1.33 bits per heavy atom. The lowest BCUT2D eigenvalue weighted by molar-refractivity contribution is -0.127. The molecule has 1 aliphatic carbocycles. The quantitative estimate of drug-likeness (QED) is 0.746. The van der Waals surface area contributed by atoms with Gasteiger partial charge in [-0.25, -0.2) is 0 Å². The Bertz CT molecular complexity index is 262. The summed E-state index contributed by atoms with van der Waals surface area (Å²) in [6, 6.07) is 0.622. The maximum absolute atomic E-state index is 5.85. The van der Waals surface area contributed by atoms with Gasteiger partial charge in [-0.3, -0.25) is 0 Å². The topological polar surface area (TPSA) is 21.3 Å². The van der Waals surface area contributed by atoms with Crippen LogP contribution in [0.1, 0.15) is 61.3 Å². The van der Waals surface area contributed by atoms with Crippen molar-refractivity contribution in [2.45, 2.75) is 73.5 Å². The van der Waals surface area contributed by atoms with Crippen LogP contribution in [-0.2, 0) is 4.74 Å². The van der Waals surface area contributed by atoms with Gasteiger partial charge in [0.1, 0.15) is 0 Å². The highest BCUT2D eigenvalue weighted by atomic mass is 16.5. The van der Waals surface area contributed by atoms with Gasteiger partial charge in [-0.1, -0.05) is 41.5 Å². The van der Waals surface area contributed by atoms with Crippen LogP contribution in [0.15, 0.2) is 0 Å². The summed E-state index contributed by atoms with van der Waals surface area (Å²) in [5.41, 5.74) is 0.689. The lowest BCUT2D eigenvalue weighted by Crippen LogP contribution is -2.63. The second-order valence-electron chi connectivity index (χ2n) is 7.12. The van der Waals surface area contributed by atoms with Gasteiger partial charge in [0.25, 0.3) is 0 Å². The molecule has 0 aromatic rings. The molecule has 3 unspecified atom stereocenters. The van der Waals surface area contributed by atoms with Gasteiger partial charge in [0, 0.05) is 24.6 Å². The Labute approximate surface area is 114 Å². The van der Waals surface area contributed by atoms with Crippen molar-refractivity contribution in [1.29, 1.82) is 0 Å². The van der Waals surface area contributed by atoms with E-state index in [-0.39, 0.29) is 0 Å². The van der Waals surface area contributed by atoms with Crippen LogP contribution in [0.2, 0.25) is 0 Å². The van der Waals surface area contributed by atoms with E-state index in [9.17, 15) is 0 Å². The van der Waals surface area contributed by atoms with Crippen molar-refractivity contribution >= 4 is 0 Å². The molecule has 0 radical (unpaired) electrons. The second kappa shape index (κ2) is 5.92. The highest BCUT2D eigenvalue weighted by molar-refractivity contribution is 5.05. The average molecular weight is 255 g/mol. The molecule has 0 aliphatic heterocycles. The van der Waals surface area contributed by atoms with Crippen LogP contribution in [0.3, 0.4) is 0 Å². The summed E-state index contributed by atoms with van der Waals surface area (Å²) in [7, 11) is 0. The molecule has 0 amide bonds. The van der Waals surface area contributed by atoms with Crippen molar-refractivity contribution in [1.82, 2.24) is 5.32 Å². The Balaban J connectivity index is 2.50. The monoisotopic (exact) mass is 255 g/mol. The minimum Gasteiger partial charge on any atom is -0.378 e. The molecule has 0 bridgehead atoms. The molecule has 0 spiro atoms. The molecule has 18 heavy (non-hydrogen) atoms. The molecule has 0 aromatic carbocycles. The zero-order valence-corrected chi connectivity index (χ0v) is 13.5. The Morgan fingerprint density at radius 3 is 2.39 bits per heavy atom. The molecular weight excluding hydrogens is 222 g/mol. The number of rotatable bonds is 7.